The summed E-state index contributed by atoms with van der Waals surface area (Å²) in [5, 5.41) is 15.1. The Morgan fingerprint density at radius 3 is 2.37 bits per heavy atom. The number of rotatable bonds is 7. The molecule has 2 aliphatic rings. The first-order chi connectivity index (χ1) is 18.4. The summed E-state index contributed by atoms with van der Waals surface area (Å²) in [4.78, 5) is 4.57. The van der Waals surface area contributed by atoms with Crippen LogP contribution in [0, 0.1) is 11.6 Å². The molecular weight excluding hydrogens is 502 g/mol. The van der Waals surface area contributed by atoms with Crippen LogP contribution in [0.5, 0.6) is 0 Å². The fourth-order valence-corrected chi connectivity index (χ4v) is 4.92. The van der Waals surface area contributed by atoms with Crippen molar-refractivity contribution >= 4 is 5.69 Å². The van der Waals surface area contributed by atoms with Crippen LogP contribution in [0.4, 0.5) is 23.2 Å². The normalized spacial score (nSPS) is 16.8. The average Bonchev–Trinajstić information content (AvgIpc) is 3.56. The molecule has 1 aliphatic carbocycles. The molecule has 0 atom stereocenters. The minimum atomic E-state index is -2.90. The Balaban J connectivity index is 1.15. The van der Waals surface area contributed by atoms with E-state index in [-0.39, 0.29) is 23.8 Å². The Hall–Kier alpha value is -3.80. The molecule has 3 heterocycles. The van der Waals surface area contributed by atoms with E-state index < -0.39 is 18.1 Å². The molecular formula is C26H25F4N7O. The van der Waals surface area contributed by atoms with Gasteiger partial charge in [-0.3, -0.25) is 4.90 Å². The predicted octanol–water partition coefficient (Wildman–Crippen LogP) is 4.93. The van der Waals surface area contributed by atoms with Gasteiger partial charge >= 0.3 is 6.43 Å². The van der Waals surface area contributed by atoms with Crippen molar-refractivity contribution in [2.45, 2.75) is 38.3 Å². The van der Waals surface area contributed by atoms with Gasteiger partial charge in [-0.15, -0.1) is 15.3 Å². The Kier molecular flexibility index (Phi) is 6.56. The number of halogens is 4. The maximum Gasteiger partial charge on any atom is 0.314 e. The lowest BCUT2D eigenvalue weighted by atomic mass is 9.91. The Morgan fingerprint density at radius 2 is 1.68 bits per heavy atom. The van der Waals surface area contributed by atoms with E-state index in [0.29, 0.717) is 23.0 Å². The third kappa shape index (κ3) is 4.87. The molecule has 12 heteroatoms. The maximum absolute atomic E-state index is 14.8. The van der Waals surface area contributed by atoms with Crippen LogP contribution < -0.4 is 4.90 Å². The second kappa shape index (κ2) is 10.2. The fraction of sp³-hybridized carbons (Fsp3) is 0.385. The highest BCUT2D eigenvalue weighted by atomic mass is 19.3. The van der Waals surface area contributed by atoms with Crippen molar-refractivity contribution in [2.75, 3.05) is 31.1 Å². The summed E-state index contributed by atoms with van der Waals surface area (Å²) in [6, 6.07) is 9.72. The van der Waals surface area contributed by atoms with Gasteiger partial charge in [0.05, 0.1) is 18.4 Å². The average molecular weight is 528 g/mol. The zero-order valence-corrected chi connectivity index (χ0v) is 20.4. The SMILES string of the molecule is Fc1cc(-c2nnc(C(F)F)o2)ccc1Cn1cc(-c2ccc(F)c(N3CCN(C4CCC4)CC3)c2)nn1. The number of aromatic nitrogens is 5. The highest BCUT2D eigenvalue weighted by molar-refractivity contribution is 5.65. The van der Waals surface area contributed by atoms with Crippen LogP contribution in [-0.4, -0.2) is 62.3 Å². The molecule has 1 aliphatic heterocycles. The lowest BCUT2D eigenvalue weighted by molar-refractivity contribution is 0.116. The molecule has 6 rings (SSSR count). The molecule has 1 saturated heterocycles. The lowest BCUT2D eigenvalue weighted by Crippen LogP contribution is -2.52. The molecule has 0 spiro atoms. The van der Waals surface area contributed by atoms with Gasteiger partial charge in [0.1, 0.15) is 17.3 Å². The zero-order valence-electron chi connectivity index (χ0n) is 20.4. The summed E-state index contributed by atoms with van der Waals surface area (Å²) in [5.41, 5.74) is 2.31. The van der Waals surface area contributed by atoms with Gasteiger partial charge < -0.3 is 9.32 Å². The first kappa shape index (κ1) is 24.5. The van der Waals surface area contributed by atoms with Crippen molar-refractivity contribution in [2.24, 2.45) is 0 Å². The van der Waals surface area contributed by atoms with Gasteiger partial charge in [-0.25, -0.2) is 13.5 Å². The molecule has 2 fully saturated rings. The van der Waals surface area contributed by atoms with Crippen molar-refractivity contribution in [3.63, 3.8) is 0 Å². The number of piperazine rings is 1. The van der Waals surface area contributed by atoms with Gasteiger partial charge in [0, 0.05) is 48.9 Å². The molecule has 0 amide bonds. The summed E-state index contributed by atoms with van der Waals surface area (Å²) >= 11 is 0. The molecule has 38 heavy (non-hydrogen) atoms. The number of anilines is 1. The number of hydrogen-bond donors (Lipinski definition) is 0. The third-order valence-electron chi connectivity index (χ3n) is 7.29. The summed E-state index contributed by atoms with van der Waals surface area (Å²) < 4.78 is 61.3. The summed E-state index contributed by atoms with van der Waals surface area (Å²) in [7, 11) is 0. The molecule has 2 aromatic carbocycles. The standard InChI is InChI=1S/C26H25F4N7O/c27-20-7-6-16(13-23(20)36-10-8-35(9-11-36)19-2-1-3-19)22-15-37(34-31-22)14-18-5-4-17(12-21(18)28)25-32-33-26(38-25)24(29)30/h4-7,12-13,15,19,24H,1-3,8-11,14H2. The van der Waals surface area contributed by atoms with Crippen LogP contribution in [-0.2, 0) is 6.54 Å². The smallest absolute Gasteiger partial charge is 0.314 e. The van der Waals surface area contributed by atoms with Gasteiger partial charge in [-0.1, -0.05) is 17.7 Å². The maximum atomic E-state index is 14.8. The van der Waals surface area contributed by atoms with Crippen molar-refractivity contribution < 1.29 is 22.0 Å². The third-order valence-corrected chi connectivity index (χ3v) is 7.29. The van der Waals surface area contributed by atoms with Gasteiger partial charge in [-0.05, 0) is 43.2 Å². The Labute approximate surface area is 215 Å². The fourth-order valence-electron chi connectivity index (χ4n) is 4.92. The molecule has 198 valence electrons. The van der Waals surface area contributed by atoms with Crippen LogP contribution in [0.3, 0.4) is 0 Å². The van der Waals surface area contributed by atoms with Gasteiger partial charge in [0.15, 0.2) is 0 Å². The van der Waals surface area contributed by atoms with Crippen LogP contribution in [0.1, 0.15) is 37.1 Å². The van der Waals surface area contributed by atoms with Crippen LogP contribution in [0.2, 0.25) is 0 Å². The second-order valence-corrected chi connectivity index (χ2v) is 9.63. The lowest BCUT2D eigenvalue weighted by Gasteiger charge is -2.43. The first-order valence-electron chi connectivity index (χ1n) is 12.5. The molecule has 0 radical (unpaired) electrons. The molecule has 8 nitrogen and oxygen atoms in total. The van der Waals surface area contributed by atoms with E-state index in [9.17, 15) is 17.6 Å². The van der Waals surface area contributed by atoms with E-state index in [1.165, 1.54) is 42.1 Å². The monoisotopic (exact) mass is 527 g/mol. The van der Waals surface area contributed by atoms with Crippen molar-refractivity contribution in [1.29, 1.82) is 0 Å². The molecule has 1 saturated carbocycles. The Morgan fingerprint density at radius 1 is 0.895 bits per heavy atom. The highest BCUT2D eigenvalue weighted by Crippen LogP contribution is 2.30. The minimum Gasteiger partial charge on any atom is -0.415 e. The van der Waals surface area contributed by atoms with Crippen molar-refractivity contribution in [3.8, 4) is 22.7 Å². The summed E-state index contributed by atoms with van der Waals surface area (Å²) in [6.45, 7) is 3.48. The van der Waals surface area contributed by atoms with Gasteiger partial charge in [0.2, 0.25) is 5.89 Å². The van der Waals surface area contributed by atoms with Crippen LogP contribution in [0.15, 0.2) is 47.0 Å². The number of nitrogens with zero attached hydrogens (tertiary/aromatic N) is 7. The van der Waals surface area contributed by atoms with E-state index in [0.717, 1.165) is 37.8 Å². The number of alkyl halides is 2. The van der Waals surface area contributed by atoms with Crippen molar-refractivity contribution in [3.05, 3.63) is 65.7 Å². The number of hydrogen-bond acceptors (Lipinski definition) is 7. The van der Waals surface area contributed by atoms with E-state index in [2.05, 4.69) is 30.3 Å². The zero-order chi connectivity index (χ0) is 26.2. The molecule has 0 bridgehead atoms. The first-order valence-corrected chi connectivity index (χ1v) is 12.5. The quantitative estimate of drug-likeness (QED) is 0.316. The topological polar surface area (TPSA) is 76.1 Å². The molecule has 0 unspecified atom stereocenters. The van der Waals surface area contributed by atoms with Crippen molar-refractivity contribution in [1.82, 2.24) is 30.1 Å². The second-order valence-electron chi connectivity index (χ2n) is 9.63. The molecule has 0 N–H and O–H groups in total. The minimum absolute atomic E-state index is 0.0857. The van der Waals surface area contributed by atoms with E-state index >= 15 is 0 Å². The molecule has 4 aromatic rings. The van der Waals surface area contributed by atoms with E-state index in [1.54, 1.807) is 18.3 Å². The highest BCUT2D eigenvalue weighted by Gasteiger charge is 2.28. The molecule has 2 aromatic heterocycles. The van der Waals surface area contributed by atoms with Gasteiger partial charge in [-0.2, -0.15) is 8.78 Å². The summed E-state index contributed by atoms with van der Waals surface area (Å²) in [6.07, 6.45) is 2.58. The number of benzene rings is 2. The van der Waals surface area contributed by atoms with Crippen LogP contribution in [0.25, 0.3) is 22.7 Å². The van der Waals surface area contributed by atoms with Crippen LogP contribution >= 0.6 is 0 Å². The van der Waals surface area contributed by atoms with Gasteiger partial charge in [0.25, 0.3) is 5.89 Å². The van der Waals surface area contributed by atoms with E-state index in [4.69, 9.17) is 4.42 Å². The summed E-state index contributed by atoms with van der Waals surface area (Å²) in [5.74, 6) is -1.87. The predicted molar refractivity (Wildman–Crippen MR) is 131 cm³/mol. The largest absolute Gasteiger partial charge is 0.415 e. The van der Waals surface area contributed by atoms with E-state index in [1.807, 2.05) is 0 Å². The Bertz CT molecular complexity index is 1430.